The molecule has 124 valence electrons. The molecule has 1 aliphatic heterocycles. The molecule has 1 N–H and O–H groups in total. The first-order valence-corrected chi connectivity index (χ1v) is 9.05. The second kappa shape index (κ2) is 7.75. The SMILES string of the molecule is CC(C(=O)NCCc1cccs1)N1CCC(c2ncco2)CC1. The molecule has 0 saturated carbocycles. The summed E-state index contributed by atoms with van der Waals surface area (Å²) in [6, 6.07) is 4.07. The molecule has 3 rings (SSSR count). The maximum atomic E-state index is 12.3. The van der Waals surface area contributed by atoms with Crippen molar-refractivity contribution in [2.45, 2.75) is 38.1 Å². The zero-order chi connectivity index (χ0) is 16.1. The van der Waals surface area contributed by atoms with Crippen molar-refractivity contribution in [2.75, 3.05) is 19.6 Å². The molecular weight excluding hydrogens is 310 g/mol. The predicted octanol–water partition coefficient (Wildman–Crippen LogP) is 2.66. The summed E-state index contributed by atoms with van der Waals surface area (Å²) < 4.78 is 5.40. The van der Waals surface area contributed by atoms with Crippen LogP contribution in [0.25, 0.3) is 0 Å². The number of hydrogen-bond acceptors (Lipinski definition) is 5. The molecule has 23 heavy (non-hydrogen) atoms. The minimum absolute atomic E-state index is 0.0798. The van der Waals surface area contributed by atoms with Crippen molar-refractivity contribution in [3.63, 3.8) is 0 Å². The Labute approximate surface area is 140 Å². The second-order valence-corrected chi connectivity index (χ2v) is 7.01. The Morgan fingerprint density at radius 1 is 1.52 bits per heavy atom. The van der Waals surface area contributed by atoms with Gasteiger partial charge in [-0.25, -0.2) is 4.98 Å². The fraction of sp³-hybridized carbons (Fsp3) is 0.529. The van der Waals surface area contributed by atoms with Crippen molar-refractivity contribution in [3.8, 4) is 0 Å². The molecule has 1 unspecified atom stereocenters. The average molecular weight is 333 g/mol. The third kappa shape index (κ3) is 4.20. The Bertz CT molecular complexity index is 589. The van der Waals surface area contributed by atoms with Gasteiger partial charge in [-0.15, -0.1) is 11.3 Å². The fourth-order valence-electron chi connectivity index (χ4n) is 3.05. The number of hydrogen-bond donors (Lipinski definition) is 1. The Hall–Kier alpha value is -1.66. The van der Waals surface area contributed by atoms with E-state index in [0.717, 1.165) is 38.2 Å². The van der Waals surface area contributed by atoms with Gasteiger partial charge in [-0.1, -0.05) is 6.07 Å². The number of thiophene rings is 1. The van der Waals surface area contributed by atoms with E-state index < -0.39 is 0 Å². The third-order valence-corrected chi connectivity index (χ3v) is 5.44. The number of aromatic nitrogens is 1. The van der Waals surface area contributed by atoms with Crippen LogP contribution in [0, 0.1) is 0 Å². The van der Waals surface area contributed by atoms with Crippen LogP contribution in [0.5, 0.6) is 0 Å². The first-order chi connectivity index (χ1) is 11.2. The van der Waals surface area contributed by atoms with Crippen LogP contribution in [0.3, 0.4) is 0 Å². The minimum Gasteiger partial charge on any atom is -0.449 e. The summed E-state index contributed by atoms with van der Waals surface area (Å²) in [5.74, 6) is 1.34. The molecule has 0 bridgehead atoms. The van der Waals surface area contributed by atoms with Crippen LogP contribution in [-0.4, -0.2) is 41.5 Å². The molecule has 5 nitrogen and oxygen atoms in total. The Morgan fingerprint density at radius 3 is 3.00 bits per heavy atom. The monoisotopic (exact) mass is 333 g/mol. The van der Waals surface area contributed by atoms with Gasteiger partial charge in [0.25, 0.3) is 0 Å². The van der Waals surface area contributed by atoms with Gasteiger partial charge in [0.1, 0.15) is 6.26 Å². The summed E-state index contributed by atoms with van der Waals surface area (Å²) >= 11 is 1.73. The van der Waals surface area contributed by atoms with E-state index in [-0.39, 0.29) is 11.9 Å². The van der Waals surface area contributed by atoms with Crippen molar-refractivity contribution in [1.82, 2.24) is 15.2 Å². The Morgan fingerprint density at radius 2 is 2.35 bits per heavy atom. The highest BCUT2D eigenvalue weighted by Crippen LogP contribution is 2.27. The van der Waals surface area contributed by atoms with E-state index in [0.29, 0.717) is 12.5 Å². The van der Waals surface area contributed by atoms with Gasteiger partial charge in [0.15, 0.2) is 5.89 Å². The summed E-state index contributed by atoms with van der Waals surface area (Å²) in [7, 11) is 0. The molecule has 0 radical (unpaired) electrons. The van der Waals surface area contributed by atoms with Gasteiger partial charge in [-0.05, 0) is 50.7 Å². The highest BCUT2D eigenvalue weighted by molar-refractivity contribution is 7.09. The molecule has 3 heterocycles. The summed E-state index contributed by atoms with van der Waals surface area (Å²) in [6.45, 7) is 4.52. The van der Waals surface area contributed by atoms with Crippen LogP contribution >= 0.6 is 11.3 Å². The summed E-state index contributed by atoms with van der Waals surface area (Å²) in [5.41, 5.74) is 0. The average Bonchev–Trinajstić information content (AvgIpc) is 3.28. The minimum atomic E-state index is -0.0798. The van der Waals surface area contributed by atoms with Crippen LogP contribution in [0.15, 0.2) is 34.4 Å². The molecule has 2 aromatic heterocycles. The maximum Gasteiger partial charge on any atom is 0.237 e. The van der Waals surface area contributed by atoms with Crippen LogP contribution < -0.4 is 5.32 Å². The summed E-state index contributed by atoms with van der Waals surface area (Å²) in [4.78, 5) is 20.1. The normalized spacial score (nSPS) is 18.0. The summed E-state index contributed by atoms with van der Waals surface area (Å²) in [5, 5.41) is 5.12. The van der Waals surface area contributed by atoms with Gasteiger partial charge in [0.05, 0.1) is 12.2 Å². The molecule has 1 aliphatic rings. The number of likely N-dealkylation sites (tertiary alicyclic amines) is 1. The Kier molecular flexibility index (Phi) is 5.46. The van der Waals surface area contributed by atoms with Crippen molar-refractivity contribution in [2.24, 2.45) is 0 Å². The van der Waals surface area contributed by atoms with Crippen LogP contribution in [0.1, 0.15) is 36.5 Å². The smallest absolute Gasteiger partial charge is 0.237 e. The number of nitrogens with zero attached hydrogens (tertiary/aromatic N) is 2. The van der Waals surface area contributed by atoms with Gasteiger partial charge in [0, 0.05) is 17.3 Å². The lowest BCUT2D eigenvalue weighted by atomic mass is 9.95. The first kappa shape index (κ1) is 16.2. The molecule has 1 fully saturated rings. The molecule has 1 amide bonds. The summed E-state index contributed by atoms with van der Waals surface area (Å²) in [6.07, 6.45) is 6.22. The van der Waals surface area contributed by atoms with Gasteiger partial charge in [-0.3, -0.25) is 9.69 Å². The number of piperidine rings is 1. The highest BCUT2D eigenvalue weighted by Gasteiger charge is 2.28. The quantitative estimate of drug-likeness (QED) is 0.883. The van der Waals surface area contributed by atoms with Crippen LogP contribution in [0.2, 0.25) is 0 Å². The van der Waals surface area contributed by atoms with Crippen molar-refractivity contribution in [1.29, 1.82) is 0 Å². The largest absolute Gasteiger partial charge is 0.449 e. The number of oxazole rings is 1. The molecular formula is C17H23N3O2S. The van der Waals surface area contributed by atoms with E-state index in [4.69, 9.17) is 4.42 Å². The molecule has 0 spiro atoms. The number of amides is 1. The highest BCUT2D eigenvalue weighted by atomic mass is 32.1. The van der Waals surface area contributed by atoms with Gasteiger partial charge >= 0.3 is 0 Å². The van der Waals surface area contributed by atoms with Crippen molar-refractivity contribution >= 4 is 17.2 Å². The molecule has 1 atom stereocenters. The molecule has 0 aliphatic carbocycles. The maximum absolute atomic E-state index is 12.3. The molecule has 2 aromatic rings. The second-order valence-electron chi connectivity index (χ2n) is 5.98. The zero-order valence-electron chi connectivity index (χ0n) is 13.4. The van der Waals surface area contributed by atoms with Gasteiger partial charge < -0.3 is 9.73 Å². The lowest BCUT2D eigenvalue weighted by molar-refractivity contribution is -0.126. The fourth-order valence-corrected chi connectivity index (χ4v) is 3.76. The van der Waals surface area contributed by atoms with E-state index >= 15 is 0 Å². The van der Waals surface area contributed by atoms with E-state index in [1.54, 1.807) is 23.8 Å². The standard InChI is InChI=1S/C17H23N3O2S/c1-13(16(21)18-7-4-15-3-2-12-23-15)20-9-5-14(6-10-20)17-19-8-11-22-17/h2-3,8,11-14H,4-7,9-10H2,1H3,(H,18,21). The van der Waals surface area contributed by atoms with E-state index in [2.05, 4.69) is 26.6 Å². The lowest BCUT2D eigenvalue weighted by Crippen LogP contribution is -2.48. The predicted molar refractivity (Wildman–Crippen MR) is 90.5 cm³/mol. The molecule has 6 heteroatoms. The molecule has 0 aromatic carbocycles. The number of rotatable bonds is 6. The van der Waals surface area contributed by atoms with Crippen molar-refractivity contribution in [3.05, 3.63) is 40.7 Å². The number of nitrogens with one attached hydrogen (secondary N) is 1. The Balaban J connectivity index is 1.41. The van der Waals surface area contributed by atoms with Crippen LogP contribution in [-0.2, 0) is 11.2 Å². The lowest BCUT2D eigenvalue weighted by Gasteiger charge is -2.34. The third-order valence-electron chi connectivity index (χ3n) is 4.51. The van der Waals surface area contributed by atoms with Gasteiger partial charge in [0.2, 0.25) is 5.91 Å². The van der Waals surface area contributed by atoms with E-state index in [1.807, 2.05) is 13.0 Å². The van der Waals surface area contributed by atoms with Crippen molar-refractivity contribution < 1.29 is 9.21 Å². The van der Waals surface area contributed by atoms with E-state index in [1.165, 1.54) is 4.88 Å². The van der Waals surface area contributed by atoms with Gasteiger partial charge in [-0.2, -0.15) is 0 Å². The number of carbonyl (C=O) groups excluding carboxylic acids is 1. The number of carbonyl (C=O) groups is 1. The first-order valence-electron chi connectivity index (χ1n) is 8.17. The van der Waals surface area contributed by atoms with Crippen LogP contribution in [0.4, 0.5) is 0 Å². The molecule has 1 saturated heterocycles. The topological polar surface area (TPSA) is 58.4 Å². The van der Waals surface area contributed by atoms with E-state index in [9.17, 15) is 4.79 Å². The zero-order valence-corrected chi connectivity index (χ0v) is 14.2.